The standard InChI is InChI=1S/C15H12N4OS/c1-9-17-18-15(21-9)12-3-2-10-4-6-19-7-5-11(20)8-13(19)14(10)16-12/h2-3,5,7-8H,4,6H2,1H3. The lowest BCUT2D eigenvalue weighted by molar-refractivity contribution is 0.674. The van der Waals surface area contributed by atoms with Crippen LogP contribution in [0.1, 0.15) is 10.6 Å². The summed E-state index contributed by atoms with van der Waals surface area (Å²) in [5.41, 5.74) is 3.75. The molecule has 0 aliphatic carbocycles. The third kappa shape index (κ3) is 2.08. The van der Waals surface area contributed by atoms with Crippen LogP contribution in [-0.4, -0.2) is 19.7 Å². The summed E-state index contributed by atoms with van der Waals surface area (Å²) in [4.78, 5) is 16.4. The molecule has 21 heavy (non-hydrogen) atoms. The predicted molar refractivity (Wildman–Crippen MR) is 81.3 cm³/mol. The Morgan fingerprint density at radius 2 is 2.14 bits per heavy atom. The second-order valence-corrected chi connectivity index (χ2v) is 6.20. The molecular weight excluding hydrogens is 284 g/mol. The number of aryl methyl sites for hydroxylation is 3. The van der Waals surface area contributed by atoms with Gasteiger partial charge in [-0.15, -0.1) is 10.2 Å². The topological polar surface area (TPSA) is 60.7 Å². The van der Waals surface area contributed by atoms with Crippen molar-refractivity contribution >= 4 is 11.3 Å². The number of aromatic nitrogens is 4. The van der Waals surface area contributed by atoms with Crippen molar-refractivity contribution in [1.29, 1.82) is 0 Å². The molecule has 0 N–H and O–H groups in total. The molecule has 0 aromatic carbocycles. The number of pyridine rings is 2. The van der Waals surface area contributed by atoms with Crippen LogP contribution >= 0.6 is 11.3 Å². The summed E-state index contributed by atoms with van der Waals surface area (Å²) in [7, 11) is 0. The molecule has 0 fully saturated rings. The molecule has 0 atom stereocenters. The number of hydrogen-bond donors (Lipinski definition) is 0. The summed E-state index contributed by atoms with van der Waals surface area (Å²) in [6, 6.07) is 7.30. The highest BCUT2D eigenvalue weighted by Crippen LogP contribution is 2.30. The van der Waals surface area contributed by atoms with Gasteiger partial charge in [0.05, 0.1) is 11.4 Å². The molecule has 3 aromatic heterocycles. The van der Waals surface area contributed by atoms with Crippen LogP contribution in [-0.2, 0) is 13.0 Å². The molecule has 3 aromatic rings. The minimum atomic E-state index is 0.00747. The fraction of sp³-hybridized carbons (Fsp3) is 0.200. The normalized spacial score (nSPS) is 12.8. The van der Waals surface area contributed by atoms with E-state index < -0.39 is 0 Å². The lowest BCUT2D eigenvalue weighted by atomic mass is 10.0. The van der Waals surface area contributed by atoms with Gasteiger partial charge in [-0.25, -0.2) is 4.98 Å². The van der Waals surface area contributed by atoms with E-state index in [1.165, 1.54) is 16.9 Å². The Morgan fingerprint density at radius 1 is 1.24 bits per heavy atom. The molecule has 4 heterocycles. The Balaban J connectivity index is 1.91. The first-order valence-electron chi connectivity index (χ1n) is 6.72. The number of nitrogens with zero attached hydrogens (tertiary/aromatic N) is 4. The maximum absolute atomic E-state index is 11.6. The number of hydrogen-bond acceptors (Lipinski definition) is 5. The van der Waals surface area contributed by atoms with Gasteiger partial charge in [0.15, 0.2) is 10.4 Å². The molecule has 0 saturated carbocycles. The Labute approximate surface area is 124 Å². The van der Waals surface area contributed by atoms with Gasteiger partial charge in [-0.05, 0) is 25.0 Å². The first-order chi connectivity index (χ1) is 10.2. The van der Waals surface area contributed by atoms with Crippen LogP contribution in [0.3, 0.4) is 0 Å². The summed E-state index contributed by atoms with van der Waals surface area (Å²) >= 11 is 1.52. The van der Waals surface area contributed by atoms with Gasteiger partial charge in [0.1, 0.15) is 10.7 Å². The lowest BCUT2D eigenvalue weighted by Crippen LogP contribution is -2.16. The molecule has 0 spiro atoms. The van der Waals surface area contributed by atoms with Crippen molar-refractivity contribution in [3.8, 4) is 22.1 Å². The van der Waals surface area contributed by atoms with Gasteiger partial charge in [-0.1, -0.05) is 17.4 Å². The van der Waals surface area contributed by atoms with E-state index in [1.807, 2.05) is 19.2 Å². The molecule has 0 radical (unpaired) electrons. The third-order valence-corrected chi connectivity index (χ3v) is 4.46. The van der Waals surface area contributed by atoms with Gasteiger partial charge >= 0.3 is 0 Å². The highest BCUT2D eigenvalue weighted by molar-refractivity contribution is 7.14. The van der Waals surface area contributed by atoms with Crippen molar-refractivity contribution in [2.24, 2.45) is 0 Å². The van der Waals surface area contributed by atoms with Crippen LogP contribution in [0, 0.1) is 6.92 Å². The average Bonchev–Trinajstić information content (AvgIpc) is 2.93. The Morgan fingerprint density at radius 3 is 2.95 bits per heavy atom. The molecule has 0 saturated heterocycles. The Kier molecular flexibility index (Phi) is 2.71. The van der Waals surface area contributed by atoms with Gasteiger partial charge in [0.2, 0.25) is 0 Å². The second-order valence-electron chi connectivity index (χ2n) is 5.02. The van der Waals surface area contributed by atoms with Crippen LogP contribution < -0.4 is 5.43 Å². The van der Waals surface area contributed by atoms with Crippen molar-refractivity contribution in [2.45, 2.75) is 19.9 Å². The van der Waals surface area contributed by atoms with Crippen molar-refractivity contribution in [1.82, 2.24) is 19.7 Å². The molecule has 6 heteroatoms. The second kappa shape index (κ2) is 4.60. The monoisotopic (exact) mass is 296 g/mol. The minimum absolute atomic E-state index is 0.00747. The number of fused-ring (bicyclic) bond motifs is 3. The van der Waals surface area contributed by atoms with Crippen molar-refractivity contribution in [3.63, 3.8) is 0 Å². The SMILES string of the molecule is Cc1nnc(-c2ccc3c(n2)-c2cc(=O)ccn2CC3)s1. The molecule has 0 unspecified atom stereocenters. The summed E-state index contributed by atoms with van der Waals surface area (Å²) in [5, 5.41) is 9.91. The van der Waals surface area contributed by atoms with Gasteiger partial charge in [0.25, 0.3) is 0 Å². The molecule has 4 rings (SSSR count). The van der Waals surface area contributed by atoms with Crippen LogP contribution in [0.4, 0.5) is 0 Å². The van der Waals surface area contributed by atoms with Crippen molar-refractivity contribution in [3.05, 3.63) is 51.3 Å². The van der Waals surface area contributed by atoms with Gasteiger partial charge < -0.3 is 4.57 Å². The summed E-state index contributed by atoms with van der Waals surface area (Å²) < 4.78 is 2.08. The summed E-state index contributed by atoms with van der Waals surface area (Å²) in [6.07, 6.45) is 2.76. The van der Waals surface area contributed by atoms with Gasteiger partial charge in [0, 0.05) is 24.9 Å². The maximum Gasteiger partial charge on any atom is 0.182 e. The Bertz CT molecular complexity index is 897. The first kappa shape index (κ1) is 12.4. The summed E-state index contributed by atoms with van der Waals surface area (Å²) in [6.45, 7) is 2.80. The molecule has 104 valence electrons. The van der Waals surface area contributed by atoms with Crippen molar-refractivity contribution in [2.75, 3.05) is 0 Å². The highest BCUT2D eigenvalue weighted by atomic mass is 32.1. The smallest absolute Gasteiger partial charge is 0.182 e. The summed E-state index contributed by atoms with van der Waals surface area (Å²) in [5.74, 6) is 0. The number of rotatable bonds is 1. The highest BCUT2D eigenvalue weighted by Gasteiger charge is 2.18. The first-order valence-corrected chi connectivity index (χ1v) is 7.53. The van der Waals surface area contributed by atoms with Crippen molar-refractivity contribution < 1.29 is 0 Å². The largest absolute Gasteiger partial charge is 0.346 e. The van der Waals surface area contributed by atoms with E-state index in [0.717, 1.165) is 40.1 Å². The third-order valence-electron chi connectivity index (χ3n) is 3.60. The molecule has 1 aliphatic rings. The van der Waals surface area contributed by atoms with E-state index in [0.29, 0.717) is 0 Å². The zero-order chi connectivity index (χ0) is 14.4. The van der Waals surface area contributed by atoms with Crippen LogP contribution in [0.5, 0.6) is 0 Å². The van der Waals surface area contributed by atoms with Gasteiger partial charge in [-0.3, -0.25) is 4.79 Å². The molecular formula is C15H12N4OS. The van der Waals surface area contributed by atoms with E-state index >= 15 is 0 Å². The van der Waals surface area contributed by atoms with E-state index in [4.69, 9.17) is 4.98 Å². The molecule has 5 nitrogen and oxygen atoms in total. The average molecular weight is 296 g/mol. The molecule has 0 bridgehead atoms. The van der Waals surface area contributed by atoms with E-state index in [1.54, 1.807) is 12.1 Å². The van der Waals surface area contributed by atoms with E-state index in [9.17, 15) is 4.79 Å². The fourth-order valence-electron chi connectivity index (χ4n) is 2.58. The fourth-order valence-corrected chi connectivity index (χ4v) is 3.24. The van der Waals surface area contributed by atoms with E-state index in [-0.39, 0.29) is 5.43 Å². The minimum Gasteiger partial charge on any atom is -0.346 e. The van der Waals surface area contributed by atoms with Crippen LogP contribution in [0.15, 0.2) is 35.3 Å². The molecule has 1 aliphatic heterocycles. The van der Waals surface area contributed by atoms with Gasteiger partial charge in [-0.2, -0.15) is 0 Å². The zero-order valence-corrected chi connectivity index (χ0v) is 12.2. The Hall–Kier alpha value is -2.34. The van der Waals surface area contributed by atoms with Crippen LogP contribution in [0.25, 0.3) is 22.1 Å². The quantitative estimate of drug-likeness (QED) is 0.691. The van der Waals surface area contributed by atoms with E-state index in [2.05, 4.69) is 20.8 Å². The van der Waals surface area contributed by atoms with Crippen LogP contribution in [0.2, 0.25) is 0 Å². The maximum atomic E-state index is 11.6. The zero-order valence-electron chi connectivity index (χ0n) is 11.4. The molecule has 0 amide bonds. The lowest BCUT2D eigenvalue weighted by Gasteiger charge is -2.21. The predicted octanol–water partition coefficient (Wildman–Crippen LogP) is 2.29.